The monoisotopic (exact) mass is 240 g/mol. The fourth-order valence-corrected chi connectivity index (χ4v) is 1.77. The van der Waals surface area contributed by atoms with Gasteiger partial charge in [-0.1, -0.05) is 42.0 Å². The maximum Gasteiger partial charge on any atom is 0.159 e. The van der Waals surface area contributed by atoms with Gasteiger partial charge < -0.3 is 4.74 Å². The second kappa shape index (κ2) is 5.50. The maximum absolute atomic E-state index is 11.3. The van der Waals surface area contributed by atoms with E-state index in [1.165, 1.54) is 5.56 Å². The summed E-state index contributed by atoms with van der Waals surface area (Å²) >= 11 is 0. The van der Waals surface area contributed by atoms with Gasteiger partial charge >= 0.3 is 0 Å². The van der Waals surface area contributed by atoms with E-state index < -0.39 is 0 Å². The van der Waals surface area contributed by atoms with Crippen LogP contribution >= 0.6 is 0 Å². The molecule has 92 valence electrons. The third kappa shape index (κ3) is 3.20. The molecule has 0 fully saturated rings. The molecule has 0 spiro atoms. The van der Waals surface area contributed by atoms with E-state index >= 15 is 0 Å². The summed E-state index contributed by atoms with van der Waals surface area (Å²) in [6.07, 6.45) is 0. The fraction of sp³-hybridized carbons (Fsp3) is 0.188. The van der Waals surface area contributed by atoms with Crippen LogP contribution < -0.4 is 4.74 Å². The first kappa shape index (κ1) is 12.4. The SMILES string of the molecule is CC(=O)c1cccc(OCc2cccc(C)c2)c1. The van der Waals surface area contributed by atoms with E-state index in [2.05, 4.69) is 19.1 Å². The van der Waals surface area contributed by atoms with Crippen molar-refractivity contribution in [2.45, 2.75) is 20.5 Å². The number of hydrogen-bond donors (Lipinski definition) is 0. The van der Waals surface area contributed by atoms with Crippen LogP contribution in [0.2, 0.25) is 0 Å². The van der Waals surface area contributed by atoms with Gasteiger partial charge in [-0.3, -0.25) is 4.79 Å². The van der Waals surface area contributed by atoms with Gasteiger partial charge in [0.15, 0.2) is 5.78 Å². The van der Waals surface area contributed by atoms with Gasteiger partial charge in [-0.2, -0.15) is 0 Å². The van der Waals surface area contributed by atoms with Gasteiger partial charge in [0.2, 0.25) is 0 Å². The van der Waals surface area contributed by atoms with Gasteiger partial charge in [0, 0.05) is 5.56 Å². The van der Waals surface area contributed by atoms with Crippen LogP contribution in [-0.4, -0.2) is 5.78 Å². The van der Waals surface area contributed by atoms with Gasteiger partial charge in [-0.05, 0) is 31.5 Å². The van der Waals surface area contributed by atoms with Crippen molar-refractivity contribution in [2.75, 3.05) is 0 Å². The smallest absolute Gasteiger partial charge is 0.159 e. The molecule has 0 unspecified atom stereocenters. The lowest BCUT2D eigenvalue weighted by molar-refractivity contribution is 0.101. The number of ketones is 1. The Kier molecular flexibility index (Phi) is 3.78. The van der Waals surface area contributed by atoms with Crippen molar-refractivity contribution in [1.29, 1.82) is 0 Å². The minimum absolute atomic E-state index is 0.0519. The highest BCUT2D eigenvalue weighted by Crippen LogP contribution is 2.16. The van der Waals surface area contributed by atoms with Crippen molar-refractivity contribution in [3.05, 3.63) is 65.2 Å². The molecule has 0 saturated heterocycles. The van der Waals surface area contributed by atoms with Crippen LogP contribution in [0.1, 0.15) is 28.4 Å². The van der Waals surface area contributed by atoms with Crippen LogP contribution in [0.15, 0.2) is 48.5 Å². The third-order valence-electron chi connectivity index (χ3n) is 2.73. The molecule has 2 heteroatoms. The Balaban J connectivity index is 2.06. The Morgan fingerprint density at radius 2 is 1.89 bits per heavy atom. The van der Waals surface area contributed by atoms with Gasteiger partial charge in [0.1, 0.15) is 12.4 Å². The molecule has 0 aliphatic carbocycles. The lowest BCUT2D eigenvalue weighted by Crippen LogP contribution is -1.97. The third-order valence-corrected chi connectivity index (χ3v) is 2.73. The van der Waals surface area contributed by atoms with Crippen LogP contribution in [0, 0.1) is 6.92 Å². The predicted octanol–water partition coefficient (Wildman–Crippen LogP) is 3.78. The van der Waals surface area contributed by atoms with Gasteiger partial charge in [0.05, 0.1) is 0 Å². The van der Waals surface area contributed by atoms with Crippen LogP contribution in [0.25, 0.3) is 0 Å². The minimum atomic E-state index is 0.0519. The van der Waals surface area contributed by atoms with E-state index in [1.54, 1.807) is 19.1 Å². The molecule has 0 aliphatic heterocycles. The zero-order valence-corrected chi connectivity index (χ0v) is 10.6. The summed E-state index contributed by atoms with van der Waals surface area (Å²) in [7, 11) is 0. The number of ether oxygens (including phenoxy) is 1. The second-order valence-corrected chi connectivity index (χ2v) is 4.36. The summed E-state index contributed by atoms with van der Waals surface area (Å²) in [6.45, 7) is 4.13. The Labute approximate surface area is 107 Å². The molecule has 2 aromatic rings. The summed E-state index contributed by atoms with van der Waals surface area (Å²) in [6, 6.07) is 15.5. The van der Waals surface area contributed by atoms with Crippen molar-refractivity contribution < 1.29 is 9.53 Å². The highest BCUT2D eigenvalue weighted by atomic mass is 16.5. The maximum atomic E-state index is 11.3. The predicted molar refractivity (Wildman–Crippen MR) is 72.0 cm³/mol. The minimum Gasteiger partial charge on any atom is -0.489 e. The Bertz CT molecular complexity index is 559. The largest absolute Gasteiger partial charge is 0.489 e. The topological polar surface area (TPSA) is 26.3 Å². The van der Waals surface area contributed by atoms with E-state index in [9.17, 15) is 4.79 Å². The van der Waals surface area contributed by atoms with Gasteiger partial charge in [0.25, 0.3) is 0 Å². The molecule has 0 radical (unpaired) electrons. The quantitative estimate of drug-likeness (QED) is 0.760. The molecule has 2 rings (SSSR count). The summed E-state index contributed by atoms with van der Waals surface area (Å²) in [4.78, 5) is 11.3. The van der Waals surface area contributed by atoms with Crippen molar-refractivity contribution in [3.63, 3.8) is 0 Å². The number of rotatable bonds is 4. The van der Waals surface area contributed by atoms with E-state index in [0.717, 1.165) is 11.3 Å². The normalized spacial score (nSPS) is 10.1. The van der Waals surface area contributed by atoms with Crippen molar-refractivity contribution in [1.82, 2.24) is 0 Å². The van der Waals surface area contributed by atoms with E-state index in [-0.39, 0.29) is 5.78 Å². The first-order chi connectivity index (χ1) is 8.65. The van der Waals surface area contributed by atoms with Gasteiger partial charge in [-0.15, -0.1) is 0 Å². The fourth-order valence-electron chi connectivity index (χ4n) is 1.77. The van der Waals surface area contributed by atoms with Crippen LogP contribution in [0.4, 0.5) is 0 Å². The van der Waals surface area contributed by atoms with E-state index in [0.29, 0.717) is 12.2 Å². The molecule has 0 aliphatic rings. The van der Waals surface area contributed by atoms with Crippen molar-refractivity contribution in [3.8, 4) is 5.75 Å². The zero-order valence-electron chi connectivity index (χ0n) is 10.6. The Morgan fingerprint density at radius 1 is 1.11 bits per heavy atom. The van der Waals surface area contributed by atoms with E-state index in [4.69, 9.17) is 4.74 Å². The molecule has 18 heavy (non-hydrogen) atoms. The summed E-state index contributed by atoms with van der Waals surface area (Å²) < 4.78 is 5.69. The lowest BCUT2D eigenvalue weighted by Gasteiger charge is -2.07. The Hall–Kier alpha value is -2.09. The molecular weight excluding hydrogens is 224 g/mol. The molecule has 0 bridgehead atoms. The molecule has 0 heterocycles. The van der Waals surface area contributed by atoms with Crippen molar-refractivity contribution >= 4 is 5.78 Å². The molecule has 0 saturated carbocycles. The van der Waals surface area contributed by atoms with Crippen LogP contribution in [0.3, 0.4) is 0 Å². The highest BCUT2D eigenvalue weighted by molar-refractivity contribution is 5.94. The number of carbonyl (C=O) groups is 1. The lowest BCUT2D eigenvalue weighted by atomic mass is 10.1. The summed E-state index contributed by atoms with van der Waals surface area (Å²) in [5.74, 6) is 0.778. The number of Topliss-reactive ketones (excluding diaryl/α,β-unsaturated/α-hetero) is 1. The molecule has 0 amide bonds. The number of benzene rings is 2. The Morgan fingerprint density at radius 3 is 2.61 bits per heavy atom. The average Bonchev–Trinajstić information content (AvgIpc) is 2.37. The summed E-state index contributed by atoms with van der Waals surface area (Å²) in [5, 5.41) is 0. The molecule has 2 nitrogen and oxygen atoms in total. The molecule has 0 aromatic heterocycles. The standard InChI is InChI=1S/C16H16O2/c1-12-5-3-6-14(9-12)11-18-16-8-4-7-15(10-16)13(2)17/h3-10H,11H2,1-2H3. The zero-order chi connectivity index (χ0) is 13.0. The molecular formula is C16H16O2. The first-order valence-electron chi connectivity index (χ1n) is 5.94. The van der Waals surface area contributed by atoms with Gasteiger partial charge in [-0.25, -0.2) is 0 Å². The van der Waals surface area contributed by atoms with Crippen molar-refractivity contribution in [2.24, 2.45) is 0 Å². The highest BCUT2D eigenvalue weighted by Gasteiger charge is 2.01. The van der Waals surface area contributed by atoms with Crippen LogP contribution in [-0.2, 0) is 6.61 Å². The second-order valence-electron chi connectivity index (χ2n) is 4.36. The number of aryl methyl sites for hydroxylation is 1. The van der Waals surface area contributed by atoms with Crippen LogP contribution in [0.5, 0.6) is 5.75 Å². The number of carbonyl (C=O) groups excluding carboxylic acids is 1. The summed E-state index contributed by atoms with van der Waals surface area (Å²) in [5.41, 5.74) is 3.02. The number of hydrogen-bond acceptors (Lipinski definition) is 2. The first-order valence-corrected chi connectivity index (χ1v) is 5.94. The average molecular weight is 240 g/mol. The molecule has 0 N–H and O–H groups in total. The molecule has 0 atom stereocenters. The molecule has 2 aromatic carbocycles. The van der Waals surface area contributed by atoms with E-state index in [1.807, 2.05) is 24.3 Å².